The number of nitrogens with zero attached hydrogens (tertiary/aromatic N) is 3. The van der Waals surface area contributed by atoms with Gasteiger partial charge in [0, 0.05) is 6.20 Å². The summed E-state index contributed by atoms with van der Waals surface area (Å²) in [5.41, 5.74) is 2.77. The molecular formula is C21H19F3N4O4. The standard InChI is InChI=1S/C19H18N4O2.C2HF3O2/c1-4-13-17-21-14-9-10(2)8-11(3)15(14)19(25)23(17)16-12(18(24)22-13)6-5-7-20-16;3-2(4,5)1(6)7/h5-9,13H,4H2,1-3H3,(H,22,24);(H,6,7). The van der Waals surface area contributed by atoms with Crippen LogP contribution in [0.3, 0.4) is 0 Å². The van der Waals surface area contributed by atoms with Crippen molar-refractivity contribution in [1.82, 2.24) is 19.9 Å². The van der Waals surface area contributed by atoms with Gasteiger partial charge in [-0.15, -0.1) is 0 Å². The predicted octanol–water partition coefficient (Wildman–Crippen LogP) is 3.23. The van der Waals surface area contributed by atoms with E-state index in [9.17, 15) is 22.8 Å². The molecule has 4 rings (SSSR count). The first-order chi connectivity index (χ1) is 15.0. The molecule has 8 nitrogen and oxygen atoms in total. The Hall–Kier alpha value is -3.76. The molecule has 1 aliphatic rings. The molecule has 0 fully saturated rings. The molecule has 3 aromatic rings. The lowest BCUT2D eigenvalue weighted by molar-refractivity contribution is -0.192. The Morgan fingerprint density at radius 1 is 1.25 bits per heavy atom. The third-order valence-electron chi connectivity index (χ3n) is 4.85. The second kappa shape index (κ2) is 8.40. The van der Waals surface area contributed by atoms with Crippen molar-refractivity contribution >= 4 is 22.8 Å². The molecule has 2 N–H and O–H groups in total. The summed E-state index contributed by atoms with van der Waals surface area (Å²) in [5.74, 6) is -2.13. The number of aliphatic carboxylic acids is 1. The molecule has 11 heteroatoms. The van der Waals surface area contributed by atoms with Crippen LogP contribution < -0.4 is 10.9 Å². The fourth-order valence-electron chi connectivity index (χ4n) is 3.48. The topological polar surface area (TPSA) is 114 Å². The molecule has 168 valence electrons. The summed E-state index contributed by atoms with van der Waals surface area (Å²) in [6.07, 6.45) is -2.87. The molecule has 0 bridgehead atoms. The van der Waals surface area contributed by atoms with Crippen LogP contribution in [0.1, 0.15) is 46.7 Å². The van der Waals surface area contributed by atoms with E-state index in [2.05, 4.69) is 10.3 Å². The highest BCUT2D eigenvalue weighted by molar-refractivity contribution is 5.98. The fraction of sp³-hybridized carbons (Fsp3) is 0.286. The molecule has 1 atom stereocenters. The van der Waals surface area contributed by atoms with Crippen molar-refractivity contribution < 1.29 is 27.9 Å². The van der Waals surface area contributed by atoms with Gasteiger partial charge < -0.3 is 10.4 Å². The predicted molar refractivity (Wildman–Crippen MR) is 109 cm³/mol. The van der Waals surface area contributed by atoms with Crippen molar-refractivity contribution in [1.29, 1.82) is 0 Å². The van der Waals surface area contributed by atoms with Crippen molar-refractivity contribution in [2.75, 3.05) is 0 Å². The molecule has 0 spiro atoms. The second-order valence-electron chi connectivity index (χ2n) is 7.20. The molecule has 1 aromatic carbocycles. The Morgan fingerprint density at radius 3 is 2.50 bits per heavy atom. The van der Waals surface area contributed by atoms with E-state index in [0.717, 1.165) is 11.1 Å². The number of hydrogen-bond acceptors (Lipinski definition) is 5. The second-order valence-corrected chi connectivity index (χ2v) is 7.20. The largest absolute Gasteiger partial charge is 0.490 e. The third kappa shape index (κ3) is 4.18. The van der Waals surface area contributed by atoms with E-state index >= 15 is 0 Å². The van der Waals surface area contributed by atoms with Crippen LogP contribution in [-0.4, -0.2) is 37.7 Å². The summed E-state index contributed by atoms with van der Waals surface area (Å²) in [6.45, 7) is 5.84. The number of benzene rings is 1. The van der Waals surface area contributed by atoms with Crippen molar-refractivity contribution in [3.8, 4) is 5.82 Å². The van der Waals surface area contributed by atoms with Gasteiger partial charge in [0.15, 0.2) is 5.82 Å². The first-order valence-corrected chi connectivity index (χ1v) is 9.56. The number of alkyl halides is 3. The highest BCUT2D eigenvalue weighted by Crippen LogP contribution is 2.26. The van der Waals surface area contributed by atoms with E-state index in [1.165, 1.54) is 4.57 Å². The lowest BCUT2D eigenvalue weighted by Crippen LogP contribution is -2.30. The lowest BCUT2D eigenvalue weighted by atomic mass is 10.1. The van der Waals surface area contributed by atoms with Crippen LogP contribution in [0.5, 0.6) is 0 Å². The molecular weight excluding hydrogens is 429 g/mol. The highest BCUT2D eigenvalue weighted by Gasteiger charge is 2.38. The monoisotopic (exact) mass is 448 g/mol. The minimum atomic E-state index is -5.08. The lowest BCUT2D eigenvalue weighted by Gasteiger charge is -2.18. The van der Waals surface area contributed by atoms with Crippen LogP contribution >= 0.6 is 0 Å². The zero-order chi connectivity index (χ0) is 23.8. The number of carbonyl (C=O) groups excluding carboxylic acids is 1. The van der Waals surface area contributed by atoms with Crippen molar-refractivity contribution in [3.63, 3.8) is 0 Å². The van der Waals surface area contributed by atoms with Gasteiger partial charge in [-0.1, -0.05) is 13.0 Å². The van der Waals surface area contributed by atoms with Crippen LogP contribution in [0.25, 0.3) is 16.7 Å². The smallest absolute Gasteiger partial charge is 0.475 e. The Kier molecular flexibility index (Phi) is 6.02. The number of carboxylic acids is 1. The van der Waals surface area contributed by atoms with Gasteiger partial charge >= 0.3 is 12.1 Å². The van der Waals surface area contributed by atoms with Gasteiger partial charge in [-0.3, -0.25) is 9.59 Å². The fourth-order valence-corrected chi connectivity index (χ4v) is 3.48. The molecule has 0 saturated heterocycles. The molecule has 0 saturated carbocycles. The molecule has 0 radical (unpaired) electrons. The minimum Gasteiger partial charge on any atom is -0.475 e. The van der Waals surface area contributed by atoms with Crippen molar-refractivity contribution in [2.24, 2.45) is 0 Å². The van der Waals surface area contributed by atoms with Crippen LogP contribution in [0.2, 0.25) is 0 Å². The zero-order valence-corrected chi connectivity index (χ0v) is 17.3. The van der Waals surface area contributed by atoms with E-state index in [4.69, 9.17) is 14.9 Å². The van der Waals surface area contributed by atoms with E-state index < -0.39 is 12.1 Å². The zero-order valence-electron chi connectivity index (χ0n) is 17.3. The molecule has 0 aliphatic carbocycles. The number of carbonyl (C=O) groups is 2. The number of aromatic nitrogens is 3. The Labute approximate surface area is 179 Å². The number of amides is 1. The number of nitrogens with one attached hydrogen (secondary N) is 1. The summed E-state index contributed by atoms with van der Waals surface area (Å²) < 4.78 is 33.2. The van der Waals surface area contributed by atoms with Gasteiger partial charge in [0.25, 0.3) is 11.5 Å². The van der Waals surface area contributed by atoms with Crippen LogP contribution in [0, 0.1) is 13.8 Å². The van der Waals surface area contributed by atoms with Gasteiger partial charge in [0.1, 0.15) is 5.82 Å². The molecule has 3 heterocycles. The number of pyridine rings is 1. The average Bonchev–Trinajstić information content (AvgIpc) is 2.82. The highest BCUT2D eigenvalue weighted by atomic mass is 19.4. The summed E-state index contributed by atoms with van der Waals surface area (Å²) >= 11 is 0. The third-order valence-corrected chi connectivity index (χ3v) is 4.85. The number of carboxylic acid groups (broad SMARTS) is 1. The summed E-state index contributed by atoms with van der Waals surface area (Å²) in [6, 6.07) is 6.90. The van der Waals surface area contributed by atoms with Crippen molar-refractivity contribution in [2.45, 2.75) is 39.4 Å². The quantitative estimate of drug-likeness (QED) is 0.591. The maximum Gasteiger partial charge on any atom is 0.490 e. The summed E-state index contributed by atoms with van der Waals surface area (Å²) in [7, 11) is 0. The number of halogens is 3. The van der Waals surface area contributed by atoms with E-state index in [0.29, 0.717) is 34.5 Å². The Balaban J connectivity index is 0.000000360. The summed E-state index contributed by atoms with van der Waals surface area (Å²) in [4.78, 5) is 43.9. The minimum absolute atomic E-state index is 0.188. The first kappa shape index (κ1) is 22.9. The van der Waals surface area contributed by atoms with Crippen LogP contribution in [0.15, 0.2) is 35.3 Å². The maximum atomic E-state index is 13.3. The molecule has 2 aromatic heterocycles. The molecule has 1 aliphatic heterocycles. The molecule has 1 unspecified atom stereocenters. The number of fused-ring (bicyclic) bond motifs is 4. The molecule has 32 heavy (non-hydrogen) atoms. The van der Waals surface area contributed by atoms with Gasteiger partial charge in [-0.05, 0) is 49.6 Å². The van der Waals surface area contributed by atoms with E-state index in [1.807, 2.05) is 32.9 Å². The number of rotatable bonds is 1. The summed E-state index contributed by atoms with van der Waals surface area (Å²) in [5, 5.41) is 10.7. The van der Waals surface area contributed by atoms with Gasteiger partial charge in [-0.25, -0.2) is 19.3 Å². The average molecular weight is 448 g/mol. The Bertz CT molecular complexity index is 1280. The van der Waals surface area contributed by atoms with Crippen molar-refractivity contribution in [3.05, 3.63) is 63.3 Å². The van der Waals surface area contributed by atoms with Gasteiger partial charge in [0.2, 0.25) is 0 Å². The maximum absolute atomic E-state index is 13.3. The van der Waals surface area contributed by atoms with Gasteiger partial charge in [0.05, 0.1) is 22.5 Å². The van der Waals surface area contributed by atoms with Crippen LogP contribution in [-0.2, 0) is 4.79 Å². The number of hydrogen-bond donors (Lipinski definition) is 2. The van der Waals surface area contributed by atoms with Crippen LogP contribution in [0.4, 0.5) is 13.2 Å². The first-order valence-electron chi connectivity index (χ1n) is 9.56. The Morgan fingerprint density at radius 2 is 1.91 bits per heavy atom. The van der Waals surface area contributed by atoms with E-state index in [1.54, 1.807) is 18.3 Å². The van der Waals surface area contributed by atoms with E-state index in [-0.39, 0.29) is 17.5 Å². The SMILES string of the molecule is CCC1NC(=O)c2cccnc2-n2c1nc1cc(C)cc(C)c1c2=O.O=C(O)C(F)(F)F. The normalized spacial score (nSPS) is 15.1. The number of aryl methyl sites for hydroxylation is 2. The molecule has 1 amide bonds. The van der Waals surface area contributed by atoms with Gasteiger partial charge in [-0.2, -0.15) is 13.2 Å².